The summed E-state index contributed by atoms with van der Waals surface area (Å²) in [6.07, 6.45) is 3.49. The van der Waals surface area contributed by atoms with E-state index in [0.717, 1.165) is 37.2 Å². The van der Waals surface area contributed by atoms with Crippen molar-refractivity contribution < 1.29 is 8.42 Å². The molecule has 2 fully saturated rings. The predicted octanol–water partition coefficient (Wildman–Crippen LogP) is 0.740. The van der Waals surface area contributed by atoms with Crippen molar-refractivity contribution in [2.45, 2.75) is 38.3 Å². The largest absolute Gasteiger partial charge is 0.363 e. The van der Waals surface area contributed by atoms with Gasteiger partial charge >= 0.3 is 0 Å². The second kappa shape index (κ2) is 7.53. The van der Waals surface area contributed by atoms with Gasteiger partial charge in [-0.25, -0.2) is 9.97 Å². The maximum Gasteiger partial charge on any atom is 0.282 e. The second-order valence-electron chi connectivity index (χ2n) is 6.88. The van der Waals surface area contributed by atoms with E-state index in [9.17, 15) is 8.42 Å². The third-order valence-electron chi connectivity index (χ3n) is 4.79. The number of anilines is 1. The molecule has 1 aromatic rings. The number of aromatic nitrogens is 2. The fourth-order valence-electron chi connectivity index (χ4n) is 3.49. The molecule has 8 nitrogen and oxygen atoms in total. The molecule has 0 aromatic carbocycles. The first-order chi connectivity index (χ1) is 11.9. The van der Waals surface area contributed by atoms with Crippen molar-refractivity contribution in [3.8, 4) is 0 Å². The number of hydrogen-bond acceptors (Lipinski definition) is 6. The molecule has 0 spiro atoms. The van der Waals surface area contributed by atoms with Crippen LogP contribution < -0.4 is 10.2 Å². The van der Waals surface area contributed by atoms with Crippen molar-refractivity contribution in [3.63, 3.8) is 0 Å². The summed E-state index contributed by atoms with van der Waals surface area (Å²) in [6, 6.07) is 1.66. The molecule has 0 aliphatic carbocycles. The first-order valence-electron chi connectivity index (χ1n) is 8.90. The fraction of sp³-hybridized carbons (Fsp3) is 0.750. The third kappa shape index (κ3) is 3.79. The zero-order valence-corrected chi connectivity index (χ0v) is 16.1. The summed E-state index contributed by atoms with van der Waals surface area (Å²) < 4.78 is 29.3. The molecule has 1 aromatic heterocycles. The number of nitrogens with one attached hydrogen (secondary N) is 1. The molecule has 1 N–H and O–H groups in total. The summed E-state index contributed by atoms with van der Waals surface area (Å²) in [4.78, 5) is 11.2. The zero-order chi connectivity index (χ0) is 18.0. The van der Waals surface area contributed by atoms with Crippen molar-refractivity contribution >= 4 is 16.0 Å². The average molecular weight is 369 g/mol. The van der Waals surface area contributed by atoms with E-state index in [1.807, 2.05) is 32.1 Å². The lowest BCUT2D eigenvalue weighted by molar-refractivity contribution is 0.340. The SMILES string of the molecule is CNCc1cc(N(C)C)nc([C@H]2CCCN2S(=O)(=O)N2CCCC2)n1. The van der Waals surface area contributed by atoms with Gasteiger partial charge in [0.2, 0.25) is 0 Å². The zero-order valence-electron chi connectivity index (χ0n) is 15.3. The van der Waals surface area contributed by atoms with Crippen molar-refractivity contribution in [2.75, 3.05) is 45.7 Å². The van der Waals surface area contributed by atoms with Crippen LogP contribution in [-0.4, -0.2) is 67.8 Å². The van der Waals surface area contributed by atoms with Crippen molar-refractivity contribution in [1.29, 1.82) is 0 Å². The highest BCUT2D eigenvalue weighted by Gasteiger charge is 2.41. The van der Waals surface area contributed by atoms with Gasteiger partial charge in [0.1, 0.15) is 11.6 Å². The average Bonchev–Trinajstić information content (AvgIpc) is 3.27. The van der Waals surface area contributed by atoms with E-state index < -0.39 is 10.2 Å². The van der Waals surface area contributed by atoms with Gasteiger partial charge in [0, 0.05) is 46.3 Å². The first-order valence-corrected chi connectivity index (χ1v) is 10.3. The van der Waals surface area contributed by atoms with Gasteiger partial charge < -0.3 is 10.2 Å². The van der Waals surface area contributed by atoms with Gasteiger partial charge in [-0.3, -0.25) is 0 Å². The van der Waals surface area contributed by atoms with E-state index in [-0.39, 0.29) is 6.04 Å². The minimum absolute atomic E-state index is 0.277. The van der Waals surface area contributed by atoms with Crippen molar-refractivity contribution in [3.05, 3.63) is 17.6 Å². The van der Waals surface area contributed by atoms with Crippen LogP contribution in [0.1, 0.15) is 43.2 Å². The van der Waals surface area contributed by atoms with Crippen LogP contribution in [0.2, 0.25) is 0 Å². The molecular weight excluding hydrogens is 340 g/mol. The van der Waals surface area contributed by atoms with Crippen LogP contribution in [0, 0.1) is 0 Å². The molecule has 0 bridgehead atoms. The Morgan fingerprint density at radius 2 is 1.92 bits per heavy atom. The highest BCUT2D eigenvalue weighted by Crippen LogP contribution is 2.35. The fourth-order valence-corrected chi connectivity index (χ4v) is 5.39. The Kier molecular flexibility index (Phi) is 5.57. The van der Waals surface area contributed by atoms with Gasteiger partial charge in [0.25, 0.3) is 10.2 Å². The molecule has 25 heavy (non-hydrogen) atoms. The molecule has 3 rings (SSSR count). The molecular formula is C16H28N6O2S. The highest BCUT2D eigenvalue weighted by molar-refractivity contribution is 7.86. The van der Waals surface area contributed by atoms with Crippen LogP contribution in [-0.2, 0) is 16.8 Å². The van der Waals surface area contributed by atoms with Crippen molar-refractivity contribution in [2.24, 2.45) is 0 Å². The molecule has 0 unspecified atom stereocenters. The van der Waals surface area contributed by atoms with Crippen LogP contribution in [0.25, 0.3) is 0 Å². The molecule has 0 saturated carbocycles. The van der Waals surface area contributed by atoms with Gasteiger partial charge in [0.15, 0.2) is 0 Å². The van der Waals surface area contributed by atoms with Crippen LogP contribution in [0.3, 0.4) is 0 Å². The van der Waals surface area contributed by atoms with Crippen LogP contribution in [0.5, 0.6) is 0 Å². The van der Waals surface area contributed by atoms with Crippen molar-refractivity contribution in [1.82, 2.24) is 23.9 Å². The highest BCUT2D eigenvalue weighted by atomic mass is 32.2. The van der Waals surface area contributed by atoms with Crippen LogP contribution >= 0.6 is 0 Å². The summed E-state index contributed by atoms with van der Waals surface area (Å²) in [7, 11) is 2.30. The monoisotopic (exact) mass is 368 g/mol. The molecule has 2 aliphatic heterocycles. The summed E-state index contributed by atoms with van der Waals surface area (Å²) in [5.74, 6) is 1.41. The van der Waals surface area contributed by atoms with Gasteiger partial charge in [-0.05, 0) is 32.7 Å². The molecule has 1 atom stereocenters. The topological polar surface area (TPSA) is 81.7 Å². The second-order valence-corrected chi connectivity index (χ2v) is 8.76. The quantitative estimate of drug-likeness (QED) is 0.798. The Bertz CT molecular complexity index is 703. The van der Waals surface area contributed by atoms with E-state index in [4.69, 9.17) is 0 Å². The van der Waals surface area contributed by atoms with E-state index in [0.29, 0.717) is 32.0 Å². The maximum absolute atomic E-state index is 13.0. The standard InChI is InChI=1S/C16H28N6O2S/c1-17-12-13-11-15(20(2)3)19-16(18-13)14-7-6-10-22(14)25(23,24)21-8-4-5-9-21/h11,14,17H,4-10,12H2,1-3H3/t14-/m1/s1. The molecule has 0 amide bonds. The summed E-state index contributed by atoms with van der Waals surface area (Å²) >= 11 is 0. The number of hydrogen-bond donors (Lipinski definition) is 1. The lowest BCUT2D eigenvalue weighted by Gasteiger charge is -2.28. The first kappa shape index (κ1) is 18.5. The van der Waals surface area contributed by atoms with Crippen LogP contribution in [0.15, 0.2) is 6.07 Å². The maximum atomic E-state index is 13.0. The Morgan fingerprint density at radius 3 is 2.56 bits per heavy atom. The Morgan fingerprint density at radius 1 is 1.20 bits per heavy atom. The Hall–Kier alpha value is -1.29. The number of rotatable bonds is 6. The molecule has 9 heteroatoms. The molecule has 3 heterocycles. The van der Waals surface area contributed by atoms with Gasteiger partial charge in [-0.15, -0.1) is 0 Å². The molecule has 0 radical (unpaired) electrons. The minimum Gasteiger partial charge on any atom is -0.363 e. The smallest absolute Gasteiger partial charge is 0.282 e. The summed E-state index contributed by atoms with van der Waals surface area (Å²) in [5, 5.41) is 3.11. The molecule has 2 saturated heterocycles. The Balaban J connectivity index is 1.94. The molecule has 140 valence electrons. The normalized spacial score (nSPS) is 22.6. The molecule has 2 aliphatic rings. The lowest BCUT2D eigenvalue weighted by Crippen LogP contribution is -2.42. The third-order valence-corrected chi connectivity index (χ3v) is 6.84. The van der Waals surface area contributed by atoms with Gasteiger partial charge in [-0.2, -0.15) is 17.0 Å². The minimum atomic E-state index is -3.44. The Labute approximate surface area is 150 Å². The van der Waals surface area contributed by atoms with Gasteiger partial charge in [-0.1, -0.05) is 0 Å². The predicted molar refractivity (Wildman–Crippen MR) is 97.5 cm³/mol. The van der Waals surface area contributed by atoms with E-state index >= 15 is 0 Å². The lowest BCUT2D eigenvalue weighted by atomic mass is 10.2. The van der Waals surface area contributed by atoms with E-state index in [2.05, 4.69) is 15.3 Å². The van der Waals surface area contributed by atoms with Crippen LogP contribution in [0.4, 0.5) is 5.82 Å². The van der Waals surface area contributed by atoms with Gasteiger partial charge in [0.05, 0.1) is 11.7 Å². The number of nitrogens with zero attached hydrogens (tertiary/aromatic N) is 5. The van der Waals surface area contributed by atoms with E-state index in [1.54, 1.807) is 8.61 Å². The summed E-state index contributed by atoms with van der Waals surface area (Å²) in [5.41, 5.74) is 0.877. The summed E-state index contributed by atoms with van der Waals surface area (Å²) in [6.45, 7) is 2.41. The van der Waals surface area contributed by atoms with E-state index in [1.165, 1.54) is 0 Å².